The SMILES string of the molecule is CC(C)CCn1c(-c2ccc3c(c2)NC(=O)CO3)csc1=Nc1ccc(S(=O)(=O)N2CCOCC2)cc1. The van der Waals surface area contributed by atoms with Gasteiger partial charge in [0.2, 0.25) is 10.0 Å². The van der Waals surface area contributed by atoms with E-state index in [9.17, 15) is 13.2 Å². The first-order chi connectivity index (χ1) is 17.8. The van der Waals surface area contributed by atoms with E-state index >= 15 is 0 Å². The fourth-order valence-corrected chi connectivity index (χ4v) is 6.60. The average Bonchev–Trinajstić information content (AvgIpc) is 3.30. The third-order valence-electron chi connectivity index (χ3n) is 6.31. The second kappa shape index (κ2) is 10.8. The minimum Gasteiger partial charge on any atom is -0.482 e. The topological polar surface area (TPSA) is 102 Å². The van der Waals surface area contributed by atoms with Gasteiger partial charge in [0.15, 0.2) is 11.4 Å². The number of hydrogen-bond acceptors (Lipinski definition) is 7. The first kappa shape index (κ1) is 25.7. The molecule has 1 fully saturated rings. The van der Waals surface area contributed by atoms with Crippen LogP contribution in [0.1, 0.15) is 20.3 Å². The van der Waals surface area contributed by atoms with Crippen LogP contribution in [0.15, 0.2) is 57.7 Å². The zero-order chi connectivity index (χ0) is 26.0. The molecule has 9 nitrogen and oxygen atoms in total. The Bertz CT molecular complexity index is 1450. The molecule has 0 bridgehead atoms. The molecule has 196 valence electrons. The van der Waals surface area contributed by atoms with Crippen LogP contribution in [0, 0.1) is 5.92 Å². The maximum Gasteiger partial charge on any atom is 0.262 e. The zero-order valence-electron chi connectivity index (χ0n) is 20.8. The molecular weight excluding hydrogens is 512 g/mol. The normalized spacial score (nSPS) is 16.9. The van der Waals surface area contributed by atoms with Crippen molar-refractivity contribution < 1.29 is 22.7 Å². The standard InChI is InChI=1S/C26H30N4O5S2/c1-18(2)9-10-30-23(19-3-8-24-22(15-19)28-25(31)16-35-24)17-36-26(30)27-20-4-6-21(7-5-20)37(32,33)29-11-13-34-14-12-29/h3-8,15,17-18H,9-14,16H2,1-2H3,(H,28,31). The number of benzene rings is 2. The fourth-order valence-electron chi connectivity index (χ4n) is 4.23. The van der Waals surface area contributed by atoms with Crippen LogP contribution in [-0.4, -0.2) is 56.1 Å². The number of carbonyl (C=O) groups is 1. The summed E-state index contributed by atoms with van der Waals surface area (Å²) in [6.07, 6.45) is 0.971. The van der Waals surface area contributed by atoms with Crippen molar-refractivity contribution in [3.63, 3.8) is 0 Å². The Kier molecular flexibility index (Phi) is 7.47. The number of thiazole rings is 1. The zero-order valence-corrected chi connectivity index (χ0v) is 22.5. The monoisotopic (exact) mass is 542 g/mol. The second-order valence-electron chi connectivity index (χ2n) is 9.41. The number of carbonyl (C=O) groups excluding carboxylic acids is 1. The summed E-state index contributed by atoms with van der Waals surface area (Å²) in [6, 6.07) is 12.5. The summed E-state index contributed by atoms with van der Waals surface area (Å²) in [4.78, 5) is 17.7. The van der Waals surface area contributed by atoms with Crippen LogP contribution in [0.3, 0.4) is 0 Å². The van der Waals surface area contributed by atoms with Gasteiger partial charge in [-0.05, 0) is 54.8 Å². The largest absolute Gasteiger partial charge is 0.482 e. The lowest BCUT2D eigenvalue weighted by atomic mass is 10.1. The molecule has 0 unspecified atom stereocenters. The highest BCUT2D eigenvalue weighted by Crippen LogP contribution is 2.33. The maximum atomic E-state index is 12.9. The van der Waals surface area contributed by atoms with E-state index in [1.165, 1.54) is 15.6 Å². The maximum absolute atomic E-state index is 12.9. The molecule has 0 atom stereocenters. The average molecular weight is 543 g/mol. The number of morpholine rings is 1. The summed E-state index contributed by atoms with van der Waals surface area (Å²) >= 11 is 1.53. The van der Waals surface area contributed by atoms with E-state index in [0.717, 1.165) is 29.0 Å². The number of hydrogen-bond donors (Lipinski definition) is 1. The predicted octanol–water partition coefficient (Wildman–Crippen LogP) is 3.85. The van der Waals surface area contributed by atoms with E-state index in [0.29, 0.717) is 49.3 Å². The molecule has 2 aliphatic heterocycles. The number of aromatic nitrogens is 1. The molecule has 0 spiro atoms. The van der Waals surface area contributed by atoms with E-state index in [2.05, 4.69) is 29.1 Å². The van der Waals surface area contributed by atoms with Gasteiger partial charge in [-0.3, -0.25) is 4.79 Å². The fraction of sp³-hybridized carbons (Fsp3) is 0.385. The molecule has 0 radical (unpaired) electrons. The molecule has 0 saturated carbocycles. The molecule has 2 aromatic carbocycles. The van der Waals surface area contributed by atoms with Gasteiger partial charge < -0.3 is 19.4 Å². The first-order valence-corrected chi connectivity index (χ1v) is 14.6. The van der Waals surface area contributed by atoms with E-state index in [1.807, 2.05) is 18.2 Å². The molecular formula is C26H30N4O5S2. The van der Waals surface area contributed by atoms with Gasteiger partial charge in [0.05, 0.1) is 35.2 Å². The van der Waals surface area contributed by atoms with Crippen molar-refractivity contribution in [2.24, 2.45) is 10.9 Å². The van der Waals surface area contributed by atoms with Crippen LogP contribution in [-0.2, 0) is 26.1 Å². The Morgan fingerprint density at radius 3 is 2.59 bits per heavy atom. The van der Waals surface area contributed by atoms with Gasteiger partial charge in [-0.15, -0.1) is 11.3 Å². The number of nitrogens with one attached hydrogen (secondary N) is 1. The quantitative estimate of drug-likeness (QED) is 0.489. The summed E-state index contributed by atoms with van der Waals surface area (Å²) in [5.74, 6) is 0.996. The van der Waals surface area contributed by atoms with Crippen LogP contribution in [0.2, 0.25) is 0 Å². The second-order valence-corrected chi connectivity index (χ2v) is 12.2. The van der Waals surface area contributed by atoms with Crippen molar-refractivity contribution in [1.82, 2.24) is 8.87 Å². The highest BCUT2D eigenvalue weighted by Gasteiger charge is 2.26. The summed E-state index contributed by atoms with van der Waals surface area (Å²) in [5.41, 5.74) is 3.29. The molecule has 0 aliphatic carbocycles. The smallest absolute Gasteiger partial charge is 0.262 e. The number of sulfonamides is 1. The van der Waals surface area contributed by atoms with Crippen molar-refractivity contribution in [3.05, 3.63) is 52.6 Å². The lowest BCUT2D eigenvalue weighted by molar-refractivity contribution is -0.118. The van der Waals surface area contributed by atoms with E-state index < -0.39 is 10.0 Å². The van der Waals surface area contributed by atoms with Gasteiger partial charge in [-0.25, -0.2) is 13.4 Å². The highest BCUT2D eigenvalue weighted by atomic mass is 32.2. The molecule has 3 heterocycles. The molecule has 37 heavy (non-hydrogen) atoms. The Balaban J connectivity index is 1.47. The van der Waals surface area contributed by atoms with Gasteiger partial charge >= 0.3 is 0 Å². The van der Waals surface area contributed by atoms with E-state index in [1.54, 1.807) is 24.3 Å². The van der Waals surface area contributed by atoms with Crippen LogP contribution in [0.25, 0.3) is 11.3 Å². The van der Waals surface area contributed by atoms with E-state index in [-0.39, 0.29) is 17.4 Å². The molecule has 11 heteroatoms. The summed E-state index contributed by atoms with van der Waals surface area (Å²) in [7, 11) is -3.55. The van der Waals surface area contributed by atoms with Gasteiger partial charge in [-0.2, -0.15) is 4.31 Å². The molecule has 1 N–H and O–H groups in total. The van der Waals surface area contributed by atoms with Crippen molar-refractivity contribution in [3.8, 4) is 17.0 Å². The van der Waals surface area contributed by atoms with Gasteiger partial charge in [-0.1, -0.05) is 13.8 Å². The van der Waals surface area contributed by atoms with Gasteiger partial charge in [0, 0.05) is 30.6 Å². The Morgan fingerprint density at radius 1 is 1.11 bits per heavy atom. The van der Waals surface area contributed by atoms with Crippen molar-refractivity contribution in [1.29, 1.82) is 0 Å². The third kappa shape index (κ3) is 5.64. The number of nitrogens with zero attached hydrogens (tertiary/aromatic N) is 3. The third-order valence-corrected chi connectivity index (χ3v) is 9.08. The lowest BCUT2D eigenvalue weighted by Crippen LogP contribution is -2.40. The molecule has 5 rings (SSSR count). The van der Waals surface area contributed by atoms with Crippen LogP contribution in [0.5, 0.6) is 5.75 Å². The summed E-state index contributed by atoms with van der Waals surface area (Å²) in [6.45, 7) is 6.71. The lowest BCUT2D eigenvalue weighted by Gasteiger charge is -2.26. The van der Waals surface area contributed by atoms with Gasteiger partial charge in [0.1, 0.15) is 5.75 Å². The van der Waals surface area contributed by atoms with Crippen LogP contribution in [0.4, 0.5) is 11.4 Å². The Labute approximate surface area is 220 Å². The molecule has 3 aromatic rings. The molecule has 1 saturated heterocycles. The van der Waals surface area contributed by atoms with Crippen molar-refractivity contribution in [2.45, 2.75) is 31.7 Å². The Hall–Kier alpha value is -2.99. The number of amides is 1. The minimum atomic E-state index is -3.55. The first-order valence-electron chi connectivity index (χ1n) is 12.3. The highest BCUT2D eigenvalue weighted by molar-refractivity contribution is 7.89. The van der Waals surface area contributed by atoms with E-state index in [4.69, 9.17) is 14.5 Å². The molecule has 1 aromatic heterocycles. The Morgan fingerprint density at radius 2 is 1.86 bits per heavy atom. The number of ether oxygens (including phenoxy) is 2. The number of anilines is 1. The van der Waals surface area contributed by atoms with Crippen LogP contribution < -0.4 is 14.9 Å². The molecule has 1 amide bonds. The number of rotatable bonds is 7. The van der Waals surface area contributed by atoms with Gasteiger partial charge in [0.25, 0.3) is 5.91 Å². The van der Waals surface area contributed by atoms with Crippen molar-refractivity contribution in [2.75, 3.05) is 38.2 Å². The summed E-state index contributed by atoms with van der Waals surface area (Å²) in [5, 5.41) is 4.93. The predicted molar refractivity (Wildman–Crippen MR) is 143 cm³/mol. The molecule has 2 aliphatic rings. The van der Waals surface area contributed by atoms with Crippen LogP contribution >= 0.6 is 11.3 Å². The van der Waals surface area contributed by atoms with Crippen molar-refractivity contribution >= 4 is 38.6 Å². The summed E-state index contributed by atoms with van der Waals surface area (Å²) < 4.78 is 40.3. The number of fused-ring (bicyclic) bond motifs is 1. The minimum absolute atomic E-state index is 0.0226.